The van der Waals surface area contributed by atoms with E-state index in [1.807, 2.05) is 47.4 Å². The Morgan fingerprint density at radius 3 is 2.56 bits per heavy atom. The van der Waals surface area contributed by atoms with E-state index in [2.05, 4.69) is 4.98 Å². The number of aromatic nitrogens is 1. The van der Waals surface area contributed by atoms with Crippen LogP contribution in [-0.2, 0) is 22.6 Å². The predicted molar refractivity (Wildman–Crippen MR) is 166 cm³/mol. The molecule has 1 saturated carbocycles. The number of ether oxygens (including phenoxy) is 1. The molecular formula is C34H36N4O6S. The van der Waals surface area contributed by atoms with Crippen LogP contribution in [0, 0.1) is 11.8 Å². The van der Waals surface area contributed by atoms with Gasteiger partial charge in [0, 0.05) is 43.7 Å². The highest BCUT2D eigenvalue weighted by molar-refractivity contribution is 7.11. The number of carbonyl (C=O) groups excluding carboxylic acids is 3. The summed E-state index contributed by atoms with van der Waals surface area (Å²) < 4.78 is 6.65. The second-order valence-corrected chi connectivity index (χ2v) is 13.3. The third-order valence-electron chi connectivity index (χ3n) is 9.83. The van der Waals surface area contributed by atoms with Crippen molar-refractivity contribution in [2.75, 3.05) is 26.2 Å². The summed E-state index contributed by atoms with van der Waals surface area (Å²) in [4.78, 5) is 63.1. The quantitative estimate of drug-likeness (QED) is 0.412. The number of carboxylic acids is 1. The number of nitrogens with zero attached hydrogens (tertiary/aromatic N) is 4. The van der Waals surface area contributed by atoms with Crippen LogP contribution < -0.4 is 4.74 Å². The van der Waals surface area contributed by atoms with E-state index >= 15 is 0 Å². The number of carbonyl (C=O) groups is 4. The summed E-state index contributed by atoms with van der Waals surface area (Å²) >= 11 is 1.32. The fourth-order valence-corrected chi connectivity index (χ4v) is 8.15. The van der Waals surface area contributed by atoms with Crippen LogP contribution in [-0.4, -0.2) is 80.8 Å². The molecule has 2 fully saturated rings. The van der Waals surface area contributed by atoms with Gasteiger partial charge in [-0.3, -0.25) is 24.2 Å². The third-order valence-corrected chi connectivity index (χ3v) is 10.6. The van der Waals surface area contributed by atoms with Gasteiger partial charge in [0.25, 0.3) is 11.8 Å². The van der Waals surface area contributed by atoms with E-state index in [1.165, 1.54) is 11.3 Å². The van der Waals surface area contributed by atoms with Crippen molar-refractivity contribution in [1.82, 2.24) is 19.7 Å². The first-order valence-electron chi connectivity index (χ1n) is 15.8. The number of carboxylic acid groups (broad SMARTS) is 1. The highest BCUT2D eigenvalue weighted by atomic mass is 32.1. The summed E-state index contributed by atoms with van der Waals surface area (Å²) in [6, 6.07) is 13.0. The fourth-order valence-electron chi connectivity index (χ4n) is 7.57. The fraction of sp³-hybridized carbons (Fsp3) is 0.441. The first kappa shape index (κ1) is 29.5. The zero-order chi connectivity index (χ0) is 31.1. The number of fused-ring (bicyclic) bond motifs is 2. The largest absolute Gasteiger partial charge is 0.488 e. The highest BCUT2D eigenvalue weighted by Gasteiger charge is 2.44. The third kappa shape index (κ3) is 5.58. The lowest BCUT2D eigenvalue weighted by atomic mass is 9.77. The molecule has 3 amide bonds. The minimum Gasteiger partial charge on any atom is -0.488 e. The summed E-state index contributed by atoms with van der Waals surface area (Å²) in [7, 11) is 0. The lowest BCUT2D eigenvalue weighted by molar-refractivity contribution is -0.153. The zero-order valence-electron chi connectivity index (χ0n) is 25.0. The summed E-state index contributed by atoms with van der Waals surface area (Å²) in [6.07, 6.45) is 5.30. The number of amides is 3. The van der Waals surface area contributed by atoms with Crippen molar-refractivity contribution in [3.05, 3.63) is 81.3 Å². The standard InChI is InChI=1S/C34H36N4O6S/c39-31-24-8-2-1-6-22(24)17-37(31)19-27-30-21(12-15-38(27)32(40)25-9-3-4-10-26(25)34(42)43)7-5-11-28(30)44-23-13-14-36(18-23)33(41)29-16-35-20-45-29/h1-2,5-8,11,16,20,23,25-27H,3-4,9-10,12-15,17-19H2,(H,42,43)/t23-,25?,26?,27+/m0/s1. The van der Waals surface area contributed by atoms with E-state index < -0.39 is 23.8 Å². The van der Waals surface area contributed by atoms with Gasteiger partial charge in [-0.1, -0.05) is 43.2 Å². The molecule has 0 spiro atoms. The summed E-state index contributed by atoms with van der Waals surface area (Å²) in [6.45, 7) is 2.18. The molecule has 45 heavy (non-hydrogen) atoms. The van der Waals surface area contributed by atoms with Crippen molar-refractivity contribution in [1.29, 1.82) is 0 Å². The van der Waals surface area contributed by atoms with E-state index in [0.29, 0.717) is 68.1 Å². The van der Waals surface area contributed by atoms with Crippen LogP contribution in [0.4, 0.5) is 0 Å². The first-order chi connectivity index (χ1) is 21.9. The van der Waals surface area contributed by atoms with E-state index in [4.69, 9.17) is 4.74 Å². The summed E-state index contributed by atoms with van der Waals surface area (Å²) in [5.41, 5.74) is 5.20. The smallest absolute Gasteiger partial charge is 0.307 e. The maximum Gasteiger partial charge on any atom is 0.307 e. The van der Waals surface area contributed by atoms with Crippen LogP contribution in [0.5, 0.6) is 5.75 Å². The first-order valence-corrected chi connectivity index (χ1v) is 16.6. The normalized spacial score (nSPS) is 24.4. The minimum absolute atomic E-state index is 0.0547. The molecule has 1 aliphatic carbocycles. The topological polar surface area (TPSA) is 120 Å². The minimum atomic E-state index is -0.921. The maximum absolute atomic E-state index is 14.3. The Kier molecular flexibility index (Phi) is 8.03. The Bertz CT molecular complexity index is 1630. The molecule has 4 heterocycles. The Morgan fingerprint density at radius 1 is 0.978 bits per heavy atom. The molecule has 1 saturated heterocycles. The Hall–Kier alpha value is -4.25. The lowest BCUT2D eigenvalue weighted by Gasteiger charge is -2.43. The van der Waals surface area contributed by atoms with Gasteiger partial charge < -0.3 is 24.5 Å². The summed E-state index contributed by atoms with van der Waals surface area (Å²) in [5.74, 6) is -1.86. The zero-order valence-corrected chi connectivity index (χ0v) is 25.8. The molecule has 1 N–H and O–H groups in total. The van der Waals surface area contributed by atoms with Gasteiger partial charge in [-0.05, 0) is 42.5 Å². The van der Waals surface area contributed by atoms with Gasteiger partial charge in [-0.15, -0.1) is 11.3 Å². The van der Waals surface area contributed by atoms with Gasteiger partial charge in [-0.2, -0.15) is 0 Å². The van der Waals surface area contributed by atoms with Crippen LogP contribution in [0.15, 0.2) is 54.2 Å². The number of rotatable bonds is 7. The van der Waals surface area contributed by atoms with E-state index in [1.54, 1.807) is 21.5 Å². The Balaban J connectivity index is 1.19. The van der Waals surface area contributed by atoms with Crippen LogP contribution in [0.25, 0.3) is 0 Å². The van der Waals surface area contributed by atoms with Gasteiger partial charge in [0.2, 0.25) is 5.91 Å². The number of aliphatic carboxylic acids is 1. The van der Waals surface area contributed by atoms with Crippen LogP contribution in [0.2, 0.25) is 0 Å². The van der Waals surface area contributed by atoms with Crippen molar-refractivity contribution in [3.63, 3.8) is 0 Å². The molecule has 3 aromatic rings. The van der Waals surface area contributed by atoms with Crippen LogP contribution >= 0.6 is 11.3 Å². The monoisotopic (exact) mass is 628 g/mol. The Morgan fingerprint density at radius 2 is 1.78 bits per heavy atom. The van der Waals surface area contributed by atoms with E-state index in [-0.39, 0.29) is 30.4 Å². The lowest BCUT2D eigenvalue weighted by Crippen LogP contribution is -2.50. The molecule has 0 bridgehead atoms. The Labute approximate surface area is 265 Å². The number of likely N-dealkylation sites (tertiary alicyclic amines) is 1. The molecule has 11 heteroatoms. The second kappa shape index (κ2) is 12.3. The molecule has 2 aromatic carbocycles. The molecule has 3 aliphatic heterocycles. The molecule has 0 radical (unpaired) electrons. The molecule has 2 unspecified atom stereocenters. The van der Waals surface area contributed by atoms with Gasteiger partial charge in [0.1, 0.15) is 16.7 Å². The van der Waals surface area contributed by atoms with Gasteiger partial charge in [0.15, 0.2) is 0 Å². The molecule has 4 atom stereocenters. The molecule has 1 aromatic heterocycles. The average Bonchev–Trinajstić information content (AvgIpc) is 3.82. The summed E-state index contributed by atoms with van der Waals surface area (Å²) in [5, 5.41) is 9.99. The van der Waals surface area contributed by atoms with Crippen molar-refractivity contribution in [2.24, 2.45) is 11.8 Å². The molecule has 10 nitrogen and oxygen atoms in total. The number of thiazole rings is 1. The molecule has 7 rings (SSSR count). The van der Waals surface area contributed by atoms with Gasteiger partial charge >= 0.3 is 5.97 Å². The van der Waals surface area contributed by atoms with Crippen molar-refractivity contribution in [3.8, 4) is 5.75 Å². The van der Waals surface area contributed by atoms with Crippen LogP contribution in [0.1, 0.15) is 74.9 Å². The van der Waals surface area contributed by atoms with Crippen LogP contribution in [0.3, 0.4) is 0 Å². The van der Waals surface area contributed by atoms with Crippen molar-refractivity contribution in [2.45, 2.75) is 57.2 Å². The van der Waals surface area contributed by atoms with Crippen molar-refractivity contribution >= 4 is 35.0 Å². The number of benzene rings is 2. The second-order valence-electron chi connectivity index (χ2n) is 12.5. The van der Waals surface area contributed by atoms with E-state index in [9.17, 15) is 24.3 Å². The SMILES string of the molecule is O=C(O)C1CCCCC1C(=O)N1CCc2cccc(O[C@H]3CCN(C(=O)c4cncs4)C3)c2[C@H]1CN1Cc2ccccc2C1=O. The predicted octanol–water partition coefficient (Wildman–Crippen LogP) is 4.41. The molecule has 234 valence electrons. The van der Waals surface area contributed by atoms with Gasteiger partial charge in [0.05, 0.1) is 36.1 Å². The van der Waals surface area contributed by atoms with E-state index in [0.717, 1.165) is 29.5 Å². The molecular weight excluding hydrogens is 592 g/mol. The maximum atomic E-state index is 14.3. The van der Waals surface area contributed by atoms with Gasteiger partial charge in [-0.25, -0.2) is 0 Å². The average molecular weight is 629 g/mol. The molecule has 4 aliphatic rings. The number of hydrogen-bond donors (Lipinski definition) is 1. The number of hydrogen-bond acceptors (Lipinski definition) is 7. The highest BCUT2D eigenvalue weighted by Crippen LogP contribution is 2.42. The van der Waals surface area contributed by atoms with Crippen molar-refractivity contribution < 1.29 is 29.0 Å².